The molecule has 16 heavy (non-hydrogen) atoms. The lowest BCUT2D eigenvalue weighted by atomic mass is 9.85. The fraction of sp³-hybridized carbons (Fsp3) is 0.667. The SMILES string of the molecule is COC(C(=O)Cc1csc(C)n1)C(C)(C)C. The molecule has 0 saturated carbocycles. The van der Waals surface area contributed by atoms with E-state index in [0.29, 0.717) is 6.42 Å². The van der Waals surface area contributed by atoms with Crippen molar-refractivity contribution < 1.29 is 9.53 Å². The van der Waals surface area contributed by atoms with Crippen molar-refractivity contribution >= 4 is 17.1 Å². The lowest BCUT2D eigenvalue weighted by Gasteiger charge is -2.27. The van der Waals surface area contributed by atoms with Gasteiger partial charge in [0.2, 0.25) is 0 Å². The number of aromatic nitrogens is 1. The van der Waals surface area contributed by atoms with Crippen LogP contribution in [0.1, 0.15) is 31.5 Å². The standard InChI is InChI=1S/C12H19NO2S/c1-8-13-9(7-16-8)6-10(14)11(15-5)12(2,3)4/h7,11H,6H2,1-5H3. The summed E-state index contributed by atoms with van der Waals surface area (Å²) in [6.45, 7) is 7.96. The normalized spacial score (nSPS) is 13.8. The number of nitrogens with zero attached hydrogens (tertiary/aromatic N) is 1. The summed E-state index contributed by atoms with van der Waals surface area (Å²) in [6.07, 6.45) is -0.00497. The first kappa shape index (κ1) is 13.3. The number of carbonyl (C=O) groups is 1. The van der Waals surface area contributed by atoms with E-state index in [9.17, 15) is 4.79 Å². The van der Waals surface area contributed by atoms with Gasteiger partial charge in [-0.3, -0.25) is 4.79 Å². The van der Waals surface area contributed by atoms with Gasteiger partial charge >= 0.3 is 0 Å². The molecule has 0 aliphatic rings. The molecule has 1 rings (SSSR count). The summed E-state index contributed by atoms with van der Waals surface area (Å²) in [4.78, 5) is 16.3. The summed E-state index contributed by atoms with van der Waals surface area (Å²) in [6, 6.07) is 0. The number of hydrogen-bond donors (Lipinski definition) is 0. The molecule has 1 unspecified atom stereocenters. The largest absolute Gasteiger partial charge is 0.373 e. The lowest BCUT2D eigenvalue weighted by Crippen LogP contribution is -2.37. The van der Waals surface area contributed by atoms with Crippen LogP contribution in [0.5, 0.6) is 0 Å². The van der Waals surface area contributed by atoms with Crippen molar-refractivity contribution in [3.63, 3.8) is 0 Å². The Balaban J connectivity index is 2.71. The van der Waals surface area contributed by atoms with E-state index >= 15 is 0 Å². The van der Waals surface area contributed by atoms with Gasteiger partial charge in [-0.2, -0.15) is 0 Å². The summed E-state index contributed by atoms with van der Waals surface area (Å²) in [5.74, 6) is 0.0975. The second-order valence-electron chi connectivity index (χ2n) is 4.98. The van der Waals surface area contributed by atoms with E-state index in [1.807, 2.05) is 33.1 Å². The highest BCUT2D eigenvalue weighted by Crippen LogP contribution is 2.23. The minimum Gasteiger partial charge on any atom is -0.373 e. The number of carbonyl (C=O) groups excluding carboxylic acids is 1. The third-order valence-corrected chi connectivity index (χ3v) is 3.16. The highest BCUT2D eigenvalue weighted by molar-refractivity contribution is 7.09. The second-order valence-corrected chi connectivity index (χ2v) is 6.04. The highest BCUT2D eigenvalue weighted by atomic mass is 32.1. The highest BCUT2D eigenvalue weighted by Gasteiger charge is 2.31. The fourth-order valence-electron chi connectivity index (χ4n) is 1.73. The van der Waals surface area contributed by atoms with Crippen molar-refractivity contribution in [2.45, 2.75) is 40.2 Å². The molecule has 90 valence electrons. The fourth-order valence-corrected chi connectivity index (χ4v) is 2.34. The molecule has 0 spiro atoms. The van der Waals surface area contributed by atoms with Gasteiger partial charge in [0.15, 0.2) is 5.78 Å². The Morgan fingerprint density at radius 3 is 2.56 bits per heavy atom. The molecule has 0 aliphatic heterocycles. The summed E-state index contributed by atoms with van der Waals surface area (Å²) < 4.78 is 5.28. The zero-order chi connectivity index (χ0) is 12.3. The van der Waals surface area contributed by atoms with Crippen LogP contribution in [0, 0.1) is 12.3 Å². The molecule has 0 radical (unpaired) electrons. The first-order valence-corrected chi connectivity index (χ1v) is 6.19. The Labute approximate surface area is 101 Å². The molecular weight excluding hydrogens is 222 g/mol. The van der Waals surface area contributed by atoms with Gasteiger partial charge in [-0.1, -0.05) is 20.8 Å². The maximum Gasteiger partial charge on any atom is 0.168 e. The zero-order valence-electron chi connectivity index (χ0n) is 10.5. The molecular formula is C12H19NO2S. The first-order chi connectivity index (χ1) is 7.34. The average Bonchev–Trinajstić information content (AvgIpc) is 2.49. The third kappa shape index (κ3) is 3.39. The van der Waals surface area contributed by atoms with Crippen LogP contribution in [0.25, 0.3) is 0 Å². The van der Waals surface area contributed by atoms with E-state index < -0.39 is 0 Å². The molecule has 0 fully saturated rings. The van der Waals surface area contributed by atoms with Crippen molar-refractivity contribution in [1.29, 1.82) is 0 Å². The molecule has 0 aromatic carbocycles. The van der Waals surface area contributed by atoms with Gasteiger partial charge in [-0.05, 0) is 12.3 Å². The molecule has 0 N–H and O–H groups in total. The number of rotatable bonds is 4. The number of hydrogen-bond acceptors (Lipinski definition) is 4. The smallest absolute Gasteiger partial charge is 0.168 e. The topological polar surface area (TPSA) is 39.2 Å². The van der Waals surface area contributed by atoms with Gasteiger partial charge in [0, 0.05) is 12.5 Å². The zero-order valence-corrected chi connectivity index (χ0v) is 11.4. The van der Waals surface area contributed by atoms with Gasteiger partial charge in [0.05, 0.1) is 17.1 Å². The van der Waals surface area contributed by atoms with Crippen molar-refractivity contribution in [3.8, 4) is 0 Å². The van der Waals surface area contributed by atoms with Crippen LogP contribution >= 0.6 is 11.3 Å². The Bertz CT molecular complexity index is 365. The molecule has 1 aromatic heterocycles. The lowest BCUT2D eigenvalue weighted by molar-refractivity contribution is -0.134. The molecule has 0 amide bonds. The molecule has 3 nitrogen and oxygen atoms in total. The monoisotopic (exact) mass is 241 g/mol. The van der Waals surface area contributed by atoms with Crippen LogP contribution in [-0.4, -0.2) is 24.0 Å². The van der Waals surface area contributed by atoms with Gasteiger partial charge in [0.1, 0.15) is 6.10 Å². The molecule has 1 heterocycles. The number of thiazole rings is 1. The van der Waals surface area contributed by atoms with E-state index in [1.54, 1.807) is 18.4 Å². The van der Waals surface area contributed by atoms with Gasteiger partial charge in [-0.25, -0.2) is 4.98 Å². The van der Waals surface area contributed by atoms with Crippen LogP contribution < -0.4 is 0 Å². The Hall–Kier alpha value is -0.740. The summed E-state index contributed by atoms with van der Waals surface area (Å²) in [5, 5.41) is 2.93. The number of aryl methyl sites for hydroxylation is 1. The predicted molar refractivity (Wildman–Crippen MR) is 65.8 cm³/mol. The second kappa shape index (κ2) is 5.06. The minimum atomic E-state index is -0.366. The number of ether oxygens (including phenoxy) is 1. The van der Waals surface area contributed by atoms with E-state index in [0.717, 1.165) is 10.7 Å². The molecule has 0 saturated heterocycles. The molecule has 4 heteroatoms. The van der Waals surface area contributed by atoms with Crippen molar-refractivity contribution in [1.82, 2.24) is 4.98 Å². The van der Waals surface area contributed by atoms with E-state index in [4.69, 9.17) is 4.74 Å². The quantitative estimate of drug-likeness (QED) is 0.813. The number of Topliss-reactive ketones (excluding diaryl/α,β-unsaturated/α-hetero) is 1. The third-order valence-electron chi connectivity index (χ3n) is 2.34. The van der Waals surface area contributed by atoms with Crippen molar-refractivity contribution in [2.24, 2.45) is 5.41 Å². The van der Waals surface area contributed by atoms with Crippen molar-refractivity contribution in [3.05, 3.63) is 16.1 Å². The minimum absolute atomic E-state index is 0.0975. The van der Waals surface area contributed by atoms with Gasteiger partial charge in [0.25, 0.3) is 0 Å². The van der Waals surface area contributed by atoms with Crippen LogP contribution in [0.2, 0.25) is 0 Å². The van der Waals surface area contributed by atoms with E-state index in [1.165, 1.54) is 0 Å². The average molecular weight is 241 g/mol. The van der Waals surface area contributed by atoms with Crippen LogP contribution in [-0.2, 0) is 16.0 Å². The Kier molecular flexibility index (Phi) is 4.21. The number of ketones is 1. The Morgan fingerprint density at radius 1 is 1.56 bits per heavy atom. The summed E-state index contributed by atoms with van der Waals surface area (Å²) in [5.41, 5.74) is 0.676. The van der Waals surface area contributed by atoms with E-state index in [-0.39, 0.29) is 17.3 Å². The molecule has 0 bridgehead atoms. The van der Waals surface area contributed by atoms with E-state index in [2.05, 4.69) is 4.98 Å². The van der Waals surface area contributed by atoms with Gasteiger partial charge in [-0.15, -0.1) is 11.3 Å². The molecule has 1 aromatic rings. The van der Waals surface area contributed by atoms with Gasteiger partial charge < -0.3 is 4.74 Å². The summed E-state index contributed by atoms with van der Waals surface area (Å²) >= 11 is 1.57. The van der Waals surface area contributed by atoms with Crippen LogP contribution in [0.4, 0.5) is 0 Å². The Morgan fingerprint density at radius 2 is 2.19 bits per heavy atom. The maximum absolute atomic E-state index is 12.0. The van der Waals surface area contributed by atoms with Crippen LogP contribution in [0.15, 0.2) is 5.38 Å². The van der Waals surface area contributed by atoms with Crippen molar-refractivity contribution in [2.75, 3.05) is 7.11 Å². The maximum atomic E-state index is 12.0. The summed E-state index contributed by atoms with van der Waals surface area (Å²) in [7, 11) is 1.58. The predicted octanol–water partition coefficient (Wildman–Crippen LogP) is 2.62. The van der Waals surface area contributed by atoms with Crippen LogP contribution in [0.3, 0.4) is 0 Å². The first-order valence-electron chi connectivity index (χ1n) is 5.31. The molecule has 1 atom stereocenters. The number of methoxy groups -OCH3 is 1. The molecule has 0 aliphatic carbocycles.